The summed E-state index contributed by atoms with van der Waals surface area (Å²) in [5, 5.41) is 10.6. The Balaban J connectivity index is 5.24. The molecule has 3 N–H and O–H groups in total. The van der Waals surface area contributed by atoms with Crippen molar-refractivity contribution in [1.82, 2.24) is 0 Å². The van der Waals surface area contributed by atoms with Gasteiger partial charge in [-0.05, 0) is 37.5 Å². The molecule has 0 saturated heterocycles. The van der Waals surface area contributed by atoms with Crippen LogP contribution >= 0.6 is 15.6 Å². The zero-order valence-electron chi connectivity index (χ0n) is 56.3. The molecular formula is C68H132O17P2. The Morgan fingerprint density at radius 3 is 0.782 bits per heavy atom. The van der Waals surface area contributed by atoms with Gasteiger partial charge in [-0.1, -0.05) is 292 Å². The summed E-state index contributed by atoms with van der Waals surface area (Å²) in [6.07, 6.45) is 44.3. The van der Waals surface area contributed by atoms with E-state index in [1.807, 2.05) is 0 Å². The fourth-order valence-corrected chi connectivity index (χ4v) is 11.8. The van der Waals surface area contributed by atoms with Gasteiger partial charge >= 0.3 is 39.5 Å². The first-order chi connectivity index (χ1) is 41.9. The van der Waals surface area contributed by atoms with Crippen LogP contribution in [0.1, 0.15) is 343 Å². The Bertz CT molecular complexity index is 1700. The molecule has 19 heteroatoms. The number of phosphoric acid groups is 2. The molecule has 0 bridgehead atoms. The molecule has 0 aliphatic carbocycles. The normalized spacial score (nSPS) is 14.2. The van der Waals surface area contributed by atoms with E-state index in [9.17, 15) is 43.2 Å². The van der Waals surface area contributed by atoms with Crippen LogP contribution in [0.3, 0.4) is 0 Å². The van der Waals surface area contributed by atoms with Crippen LogP contribution in [0.4, 0.5) is 0 Å². The third-order valence-electron chi connectivity index (χ3n) is 15.7. The number of rotatable bonds is 67. The van der Waals surface area contributed by atoms with E-state index in [1.54, 1.807) is 0 Å². The topological polar surface area (TPSA) is 237 Å². The zero-order valence-corrected chi connectivity index (χ0v) is 58.1. The second-order valence-corrected chi connectivity index (χ2v) is 28.4. The van der Waals surface area contributed by atoms with Crippen LogP contribution in [-0.4, -0.2) is 96.7 Å². The molecule has 17 nitrogen and oxygen atoms in total. The van der Waals surface area contributed by atoms with Gasteiger partial charge in [0.1, 0.15) is 19.3 Å². The van der Waals surface area contributed by atoms with Gasteiger partial charge in [-0.3, -0.25) is 37.3 Å². The number of aliphatic hydroxyl groups is 1. The first-order valence-corrected chi connectivity index (χ1v) is 38.5. The van der Waals surface area contributed by atoms with E-state index in [-0.39, 0.29) is 25.7 Å². The highest BCUT2D eigenvalue weighted by Crippen LogP contribution is 2.45. The summed E-state index contributed by atoms with van der Waals surface area (Å²) in [6, 6.07) is 0. The molecule has 0 aliphatic rings. The van der Waals surface area contributed by atoms with Crippen molar-refractivity contribution in [1.29, 1.82) is 0 Å². The van der Waals surface area contributed by atoms with Gasteiger partial charge in [-0.15, -0.1) is 0 Å². The second-order valence-electron chi connectivity index (χ2n) is 25.5. The summed E-state index contributed by atoms with van der Waals surface area (Å²) in [7, 11) is -9.89. The van der Waals surface area contributed by atoms with Gasteiger partial charge in [0.25, 0.3) is 0 Å². The van der Waals surface area contributed by atoms with Gasteiger partial charge < -0.3 is 33.8 Å². The minimum absolute atomic E-state index is 0.106. The Labute approximate surface area is 530 Å². The third-order valence-corrected chi connectivity index (χ3v) is 17.6. The van der Waals surface area contributed by atoms with Crippen LogP contribution in [-0.2, 0) is 65.4 Å². The molecule has 0 saturated carbocycles. The smallest absolute Gasteiger partial charge is 0.462 e. The largest absolute Gasteiger partial charge is 0.472 e. The van der Waals surface area contributed by atoms with Crippen molar-refractivity contribution < 1.29 is 80.2 Å². The van der Waals surface area contributed by atoms with Gasteiger partial charge in [-0.25, -0.2) is 9.13 Å². The average molecular weight is 1280 g/mol. The molecular weight excluding hydrogens is 1150 g/mol. The Hall–Kier alpha value is -1.94. The predicted octanol–water partition coefficient (Wildman–Crippen LogP) is 19.2. The van der Waals surface area contributed by atoms with E-state index in [1.165, 1.54) is 161 Å². The molecule has 5 atom stereocenters. The monoisotopic (exact) mass is 1280 g/mol. The fraction of sp³-hybridized carbons (Fsp3) is 0.941. The number of carbonyl (C=O) groups is 4. The third kappa shape index (κ3) is 62.6. The second kappa shape index (κ2) is 60.3. The van der Waals surface area contributed by atoms with Crippen LogP contribution in [0, 0.1) is 11.8 Å². The lowest BCUT2D eigenvalue weighted by Crippen LogP contribution is -2.30. The van der Waals surface area contributed by atoms with Crippen molar-refractivity contribution in [3.8, 4) is 0 Å². The summed E-state index contributed by atoms with van der Waals surface area (Å²) in [5.74, 6) is -0.607. The zero-order chi connectivity index (χ0) is 64.3. The molecule has 0 aromatic rings. The van der Waals surface area contributed by atoms with Gasteiger partial charge in [0.05, 0.1) is 26.4 Å². The molecule has 0 aromatic carbocycles. The van der Waals surface area contributed by atoms with Gasteiger partial charge in [0.2, 0.25) is 0 Å². The molecule has 87 heavy (non-hydrogen) atoms. The fourth-order valence-electron chi connectivity index (χ4n) is 10.2. The molecule has 0 heterocycles. The summed E-state index contributed by atoms with van der Waals surface area (Å²) in [6.45, 7) is 9.51. The molecule has 0 fully saturated rings. The predicted molar refractivity (Wildman–Crippen MR) is 349 cm³/mol. The van der Waals surface area contributed by atoms with Crippen molar-refractivity contribution in [3.63, 3.8) is 0 Å². The maximum atomic E-state index is 13.0. The standard InChI is InChI=1S/C68H132O17P2/c1-7-9-11-13-15-17-20-27-34-40-46-52-67(72)84-63(56-78-65(70)50-44-38-32-24-16-14-12-10-8-2)58-82-86(74,75)80-54-62(69)55-81-87(76,77)83-59-64(57-79-66(71)51-45-39-33-29-23-26-31-37-43-49-61(5)6)85-68(73)53-47-41-35-28-22-19-18-21-25-30-36-42-48-60(3)4/h60-64,69H,7-59H2,1-6H3,(H,74,75)(H,76,77)/t62-,63+,64+/m0/s1. The Morgan fingerprint density at radius 1 is 0.310 bits per heavy atom. The van der Waals surface area contributed by atoms with Crippen LogP contribution in [0.2, 0.25) is 0 Å². The lowest BCUT2D eigenvalue weighted by molar-refractivity contribution is -0.161. The van der Waals surface area contributed by atoms with Crippen LogP contribution in [0.15, 0.2) is 0 Å². The van der Waals surface area contributed by atoms with E-state index in [0.717, 1.165) is 102 Å². The molecule has 0 radical (unpaired) electrons. The highest BCUT2D eigenvalue weighted by atomic mass is 31.2. The number of hydrogen-bond donors (Lipinski definition) is 3. The van der Waals surface area contributed by atoms with E-state index in [4.69, 9.17) is 37.0 Å². The maximum absolute atomic E-state index is 13.0. The van der Waals surface area contributed by atoms with Gasteiger partial charge in [0, 0.05) is 25.7 Å². The summed E-state index contributed by atoms with van der Waals surface area (Å²) >= 11 is 0. The summed E-state index contributed by atoms with van der Waals surface area (Å²) < 4.78 is 68.2. The van der Waals surface area contributed by atoms with E-state index >= 15 is 0 Å². The number of carbonyl (C=O) groups excluding carboxylic acids is 4. The highest BCUT2D eigenvalue weighted by molar-refractivity contribution is 7.47. The summed E-state index contributed by atoms with van der Waals surface area (Å²) in [4.78, 5) is 72.4. The van der Waals surface area contributed by atoms with Crippen molar-refractivity contribution in [2.24, 2.45) is 11.8 Å². The molecule has 516 valence electrons. The first-order valence-electron chi connectivity index (χ1n) is 35.5. The minimum Gasteiger partial charge on any atom is -0.462 e. The van der Waals surface area contributed by atoms with E-state index in [0.29, 0.717) is 25.7 Å². The van der Waals surface area contributed by atoms with Crippen molar-refractivity contribution in [2.75, 3.05) is 39.6 Å². The number of aliphatic hydroxyl groups excluding tert-OH is 1. The molecule has 0 amide bonds. The summed E-state index contributed by atoms with van der Waals surface area (Å²) in [5.41, 5.74) is 0. The van der Waals surface area contributed by atoms with Crippen molar-refractivity contribution in [2.45, 2.75) is 362 Å². The molecule has 0 aromatic heterocycles. The Morgan fingerprint density at radius 2 is 0.529 bits per heavy atom. The van der Waals surface area contributed by atoms with E-state index in [2.05, 4.69) is 41.5 Å². The Kier molecular flexibility index (Phi) is 59.0. The quantitative estimate of drug-likeness (QED) is 0.0222. The SMILES string of the molecule is CCCCCCCCCCCCCC(=O)O[C@H](COC(=O)CCCCCCCCCCC)COP(=O)(O)OC[C@H](O)COP(=O)(O)OC[C@@H](COC(=O)CCCCCCCCCCCC(C)C)OC(=O)CCCCCCCCCCCCCCC(C)C. The van der Waals surface area contributed by atoms with Crippen molar-refractivity contribution in [3.05, 3.63) is 0 Å². The lowest BCUT2D eigenvalue weighted by atomic mass is 10.0. The number of esters is 4. The number of ether oxygens (including phenoxy) is 4. The van der Waals surface area contributed by atoms with Crippen LogP contribution < -0.4 is 0 Å². The minimum atomic E-state index is -4.95. The first kappa shape index (κ1) is 85.1. The molecule has 0 spiro atoms. The van der Waals surface area contributed by atoms with Gasteiger partial charge in [-0.2, -0.15) is 0 Å². The average Bonchev–Trinajstić information content (AvgIpc) is 3.69. The van der Waals surface area contributed by atoms with Crippen LogP contribution in [0.5, 0.6) is 0 Å². The molecule has 0 aliphatic heterocycles. The van der Waals surface area contributed by atoms with Crippen LogP contribution in [0.25, 0.3) is 0 Å². The number of phosphoric ester groups is 2. The van der Waals surface area contributed by atoms with Gasteiger partial charge in [0.15, 0.2) is 12.2 Å². The molecule has 2 unspecified atom stereocenters. The number of unbranched alkanes of at least 4 members (excludes halogenated alkanes) is 37. The van der Waals surface area contributed by atoms with E-state index < -0.39 is 97.5 Å². The lowest BCUT2D eigenvalue weighted by Gasteiger charge is -2.21. The number of hydrogen-bond acceptors (Lipinski definition) is 15. The highest BCUT2D eigenvalue weighted by Gasteiger charge is 2.30. The van der Waals surface area contributed by atoms with Crippen molar-refractivity contribution >= 4 is 39.5 Å². The maximum Gasteiger partial charge on any atom is 0.472 e. The molecule has 0 rings (SSSR count).